The lowest BCUT2D eigenvalue weighted by Gasteiger charge is -2.10. The summed E-state index contributed by atoms with van der Waals surface area (Å²) in [4.78, 5) is 12.1. The smallest absolute Gasteiger partial charge is 0.252 e. The number of carbonyl (C=O) groups excluding carboxylic acids is 1. The highest BCUT2D eigenvalue weighted by Gasteiger charge is 2.10. The van der Waals surface area contributed by atoms with Crippen molar-refractivity contribution in [1.82, 2.24) is 5.32 Å². The highest BCUT2D eigenvalue weighted by molar-refractivity contribution is 5.96. The third-order valence-electron chi connectivity index (χ3n) is 3.00. The molecular formula is C16H17NO. The second kappa shape index (κ2) is 5.50. The molecule has 2 nitrogen and oxygen atoms in total. The maximum atomic E-state index is 12.1. The largest absolute Gasteiger partial charge is 0.348 e. The number of benzene rings is 2. The number of hydrogen-bond acceptors (Lipinski definition) is 1. The third-order valence-corrected chi connectivity index (χ3v) is 3.00. The van der Waals surface area contributed by atoms with E-state index in [0.29, 0.717) is 6.54 Å². The fourth-order valence-corrected chi connectivity index (χ4v) is 2.04. The van der Waals surface area contributed by atoms with Crippen LogP contribution in [0, 0.1) is 13.8 Å². The maximum Gasteiger partial charge on any atom is 0.252 e. The van der Waals surface area contributed by atoms with Crippen molar-refractivity contribution < 1.29 is 4.79 Å². The van der Waals surface area contributed by atoms with Gasteiger partial charge in [0.2, 0.25) is 0 Å². The minimum absolute atomic E-state index is 0.00514. The summed E-state index contributed by atoms with van der Waals surface area (Å²) in [5.74, 6) is -0.00514. The van der Waals surface area contributed by atoms with E-state index in [1.165, 1.54) is 0 Å². The molecule has 0 bridgehead atoms. The summed E-state index contributed by atoms with van der Waals surface area (Å²) in [6.07, 6.45) is 0. The molecule has 0 radical (unpaired) electrons. The molecule has 0 aliphatic rings. The van der Waals surface area contributed by atoms with Gasteiger partial charge in [0.1, 0.15) is 0 Å². The summed E-state index contributed by atoms with van der Waals surface area (Å²) in [6.45, 7) is 4.49. The summed E-state index contributed by atoms with van der Waals surface area (Å²) in [6, 6.07) is 15.8. The number of amides is 1. The molecule has 2 aromatic carbocycles. The molecule has 18 heavy (non-hydrogen) atoms. The predicted octanol–water partition coefficient (Wildman–Crippen LogP) is 3.23. The van der Waals surface area contributed by atoms with E-state index >= 15 is 0 Å². The van der Waals surface area contributed by atoms with Gasteiger partial charge in [-0.05, 0) is 30.5 Å². The topological polar surface area (TPSA) is 29.1 Å². The first-order valence-electron chi connectivity index (χ1n) is 6.07. The van der Waals surface area contributed by atoms with Gasteiger partial charge in [0.25, 0.3) is 5.91 Å². The molecular weight excluding hydrogens is 222 g/mol. The Kier molecular flexibility index (Phi) is 3.78. The standard InChI is InChI=1S/C16H17NO/c1-12-7-6-8-13(2)15(12)16(18)17-11-14-9-4-3-5-10-14/h3-10H,11H2,1-2H3,(H,17,18). The number of rotatable bonds is 3. The Labute approximate surface area is 108 Å². The Morgan fingerprint density at radius 3 is 2.17 bits per heavy atom. The molecule has 2 rings (SSSR count). The van der Waals surface area contributed by atoms with Crippen molar-refractivity contribution in [3.8, 4) is 0 Å². The molecule has 0 fully saturated rings. The fourth-order valence-electron chi connectivity index (χ4n) is 2.04. The summed E-state index contributed by atoms with van der Waals surface area (Å²) in [7, 11) is 0. The fraction of sp³-hybridized carbons (Fsp3) is 0.188. The summed E-state index contributed by atoms with van der Waals surface area (Å²) in [5, 5.41) is 2.96. The lowest BCUT2D eigenvalue weighted by Crippen LogP contribution is -2.24. The van der Waals surface area contributed by atoms with Crippen molar-refractivity contribution in [2.45, 2.75) is 20.4 Å². The minimum atomic E-state index is -0.00514. The third kappa shape index (κ3) is 2.77. The van der Waals surface area contributed by atoms with E-state index in [4.69, 9.17) is 0 Å². The monoisotopic (exact) mass is 239 g/mol. The van der Waals surface area contributed by atoms with Crippen LogP contribution in [0.2, 0.25) is 0 Å². The van der Waals surface area contributed by atoms with Crippen LogP contribution in [-0.4, -0.2) is 5.91 Å². The zero-order valence-corrected chi connectivity index (χ0v) is 10.7. The Hall–Kier alpha value is -2.09. The lowest BCUT2D eigenvalue weighted by molar-refractivity contribution is 0.0949. The molecule has 0 saturated heterocycles. The summed E-state index contributed by atoms with van der Waals surface area (Å²) < 4.78 is 0. The molecule has 2 aromatic rings. The van der Waals surface area contributed by atoms with E-state index in [0.717, 1.165) is 22.3 Å². The first-order chi connectivity index (χ1) is 8.68. The number of nitrogens with one attached hydrogen (secondary N) is 1. The average molecular weight is 239 g/mol. The van der Waals surface area contributed by atoms with Gasteiger partial charge in [-0.3, -0.25) is 4.79 Å². The Morgan fingerprint density at radius 1 is 0.944 bits per heavy atom. The molecule has 0 saturated carbocycles. The van der Waals surface area contributed by atoms with E-state index in [1.807, 2.05) is 62.4 Å². The molecule has 0 heterocycles. The zero-order chi connectivity index (χ0) is 13.0. The van der Waals surface area contributed by atoms with Gasteiger partial charge in [0.05, 0.1) is 0 Å². The summed E-state index contributed by atoms with van der Waals surface area (Å²) >= 11 is 0. The van der Waals surface area contributed by atoms with Crippen LogP contribution in [0.3, 0.4) is 0 Å². The normalized spacial score (nSPS) is 10.1. The first kappa shape index (κ1) is 12.4. The van der Waals surface area contributed by atoms with Crippen LogP contribution in [-0.2, 0) is 6.54 Å². The Bertz CT molecular complexity index is 526. The Balaban J connectivity index is 2.09. The van der Waals surface area contributed by atoms with Crippen molar-refractivity contribution in [2.75, 3.05) is 0 Å². The molecule has 0 aliphatic heterocycles. The van der Waals surface area contributed by atoms with Gasteiger partial charge in [0, 0.05) is 12.1 Å². The van der Waals surface area contributed by atoms with Crippen molar-refractivity contribution in [3.63, 3.8) is 0 Å². The van der Waals surface area contributed by atoms with Crippen molar-refractivity contribution >= 4 is 5.91 Å². The second-order valence-corrected chi connectivity index (χ2v) is 4.44. The first-order valence-corrected chi connectivity index (χ1v) is 6.07. The van der Waals surface area contributed by atoms with Crippen molar-refractivity contribution in [3.05, 3.63) is 70.8 Å². The highest BCUT2D eigenvalue weighted by atomic mass is 16.1. The molecule has 0 aliphatic carbocycles. The van der Waals surface area contributed by atoms with E-state index in [9.17, 15) is 4.79 Å². The van der Waals surface area contributed by atoms with Crippen LogP contribution in [0.5, 0.6) is 0 Å². The van der Waals surface area contributed by atoms with Crippen LogP contribution in [0.25, 0.3) is 0 Å². The molecule has 0 spiro atoms. The number of hydrogen-bond donors (Lipinski definition) is 1. The van der Waals surface area contributed by atoms with Gasteiger partial charge in [-0.25, -0.2) is 0 Å². The molecule has 1 N–H and O–H groups in total. The van der Waals surface area contributed by atoms with E-state index in [-0.39, 0.29) is 5.91 Å². The SMILES string of the molecule is Cc1cccc(C)c1C(=O)NCc1ccccc1. The molecule has 0 atom stereocenters. The van der Waals surface area contributed by atoms with Gasteiger partial charge in [-0.2, -0.15) is 0 Å². The highest BCUT2D eigenvalue weighted by Crippen LogP contribution is 2.13. The van der Waals surface area contributed by atoms with Crippen LogP contribution in [0.4, 0.5) is 0 Å². The minimum Gasteiger partial charge on any atom is -0.348 e. The number of aryl methyl sites for hydroxylation is 2. The van der Waals surface area contributed by atoms with Crippen LogP contribution >= 0.6 is 0 Å². The predicted molar refractivity (Wildman–Crippen MR) is 73.5 cm³/mol. The van der Waals surface area contributed by atoms with Crippen LogP contribution in [0.1, 0.15) is 27.0 Å². The van der Waals surface area contributed by atoms with E-state index in [2.05, 4.69) is 5.32 Å². The number of carbonyl (C=O) groups is 1. The molecule has 0 aromatic heterocycles. The zero-order valence-electron chi connectivity index (χ0n) is 10.7. The van der Waals surface area contributed by atoms with Crippen molar-refractivity contribution in [1.29, 1.82) is 0 Å². The van der Waals surface area contributed by atoms with Crippen LogP contribution in [0.15, 0.2) is 48.5 Å². The summed E-state index contributed by atoms with van der Waals surface area (Å²) in [5.41, 5.74) is 3.92. The van der Waals surface area contributed by atoms with Crippen LogP contribution < -0.4 is 5.32 Å². The van der Waals surface area contributed by atoms with Gasteiger partial charge < -0.3 is 5.32 Å². The van der Waals surface area contributed by atoms with E-state index in [1.54, 1.807) is 0 Å². The molecule has 0 unspecified atom stereocenters. The van der Waals surface area contributed by atoms with Gasteiger partial charge in [-0.1, -0.05) is 48.5 Å². The molecule has 2 heteroatoms. The molecule has 92 valence electrons. The van der Waals surface area contributed by atoms with Gasteiger partial charge in [0.15, 0.2) is 0 Å². The lowest BCUT2D eigenvalue weighted by atomic mass is 10.0. The van der Waals surface area contributed by atoms with Gasteiger partial charge >= 0.3 is 0 Å². The quantitative estimate of drug-likeness (QED) is 0.875. The van der Waals surface area contributed by atoms with E-state index < -0.39 is 0 Å². The average Bonchev–Trinajstić information content (AvgIpc) is 2.37. The second-order valence-electron chi connectivity index (χ2n) is 4.44. The Morgan fingerprint density at radius 2 is 1.56 bits per heavy atom. The van der Waals surface area contributed by atoms with Gasteiger partial charge in [-0.15, -0.1) is 0 Å². The maximum absolute atomic E-state index is 12.1. The van der Waals surface area contributed by atoms with Crippen molar-refractivity contribution in [2.24, 2.45) is 0 Å². The molecule has 1 amide bonds.